The number of sulfonamides is 1. The SMILES string of the molecule is Cc1cccc(N)c1S(=O)(=O)N(C)CC1CCCCC1. The Bertz CT molecular complexity index is 543. The third kappa shape index (κ3) is 3.15. The highest BCUT2D eigenvalue weighted by Gasteiger charge is 2.27. The van der Waals surface area contributed by atoms with Gasteiger partial charge in [0, 0.05) is 13.6 Å². The Morgan fingerprint density at radius 3 is 2.50 bits per heavy atom. The molecule has 0 unspecified atom stereocenters. The number of aryl methyl sites for hydroxylation is 1. The molecular weight excluding hydrogens is 272 g/mol. The summed E-state index contributed by atoms with van der Waals surface area (Å²) in [5.74, 6) is 0.480. The summed E-state index contributed by atoms with van der Waals surface area (Å²) in [7, 11) is -1.83. The van der Waals surface area contributed by atoms with Crippen molar-refractivity contribution in [3.8, 4) is 0 Å². The van der Waals surface area contributed by atoms with Crippen LogP contribution in [0.1, 0.15) is 37.7 Å². The maximum atomic E-state index is 12.7. The van der Waals surface area contributed by atoms with Crippen molar-refractivity contribution in [1.82, 2.24) is 4.31 Å². The van der Waals surface area contributed by atoms with Crippen LogP contribution in [0.3, 0.4) is 0 Å². The molecule has 0 aliphatic heterocycles. The van der Waals surface area contributed by atoms with E-state index >= 15 is 0 Å². The highest BCUT2D eigenvalue weighted by atomic mass is 32.2. The summed E-state index contributed by atoms with van der Waals surface area (Å²) in [6.07, 6.45) is 5.96. The van der Waals surface area contributed by atoms with Gasteiger partial charge in [0.1, 0.15) is 4.90 Å². The van der Waals surface area contributed by atoms with Gasteiger partial charge in [0.25, 0.3) is 0 Å². The number of nitrogens with zero attached hydrogens (tertiary/aromatic N) is 1. The molecular formula is C15H24N2O2S. The lowest BCUT2D eigenvalue weighted by Crippen LogP contribution is -2.33. The summed E-state index contributed by atoms with van der Waals surface area (Å²) in [4.78, 5) is 0.262. The minimum absolute atomic E-state index is 0.262. The van der Waals surface area contributed by atoms with Gasteiger partial charge in [-0.25, -0.2) is 12.7 Å². The Kier molecular flexibility index (Phi) is 4.70. The van der Waals surface area contributed by atoms with Gasteiger partial charge in [0.2, 0.25) is 10.0 Å². The molecule has 1 aromatic carbocycles. The molecule has 20 heavy (non-hydrogen) atoms. The fourth-order valence-electron chi connectivity index (χ4n) is 3.01. The molecule has 2 rings (SSSR count). The van der Waals surface area contributed by atoms with Crippen LogP contribution in [-0.2, 0) is 10.0 Å². The zero-order valence-electron chi connectivity index (χ0n) is 12.3. The summed E-state index contributed by atoms with van der Waals surface area (Å²) >= 11 is 0. The first-order valence-electron chi connectivity index (χ1n) is 7.24. The number of benzene rings is 1. The first-order chi connectivity index (χ1) is 9.43. The Balaban J connectivity index is 2.21. The number of anilines is 1. The summed E-state index contributed by atoms with van der Waals surface area (Å²) in [5, 5.41) is 0. The normalized spacial score (nSPS) is 17.6. The highest BCUT2D eigenvalue weighted by Crippen LogP contribution is 2.29. The van der Waals surface area contributed by atoms with Gasteiger partial charge in [0.05, 0.1) is 5.69 Å². The molecule has 0 heterocycles. The molecule has 0 spiro atoms. The number of hydrogen-bond donors (Lipinski definition) is 1. The lowest BCUT2D eigenvalue weighted by molar-refractivity contribution is 0.300. The summed E-state index contributed by atoms with van der Waals surface area (Å²) in [5.41, 5.74) is 6.92. The molecule has 5 heteroatoms. The molecule has 0 radical (unpaired) electrons. The number of rotatable bonds is 4. The second kappa shape index (κ2) is 6.14. The molecule has 4 nitrogen and oxygen atoms in total. The van der Waals surface area contributed by atoms with Crippen LogP contribution in [0.2, 0.25) is 0 Å². The van der Waals surface area contributed by atoms with E-state index in [0.717, 1.165) is 12.8 Å². The summed E-state index contributed by atoms with van der Waals surface area (Å²) < 4.78 is 26.9. The summed E-state index contributed by atoms with van der Waals surface area (Å²) in [6.45, 7) is 2.38. The molecule has 0 amide bonds. The lowest BCUT2D eigenvalue weighted by Gasteiger charge is -2.27. The van der Waals surface area contributed by atoms with Crippen LogP contribution >= 0.6 is 0 Å². The van der Waals surface area contributed by atoms with Crippen LogP contribution in [0.4, 0.5) is 5.69 Å². The molecule has 0 aromatic heterocycles. The predicted octanol–water partition coefficient (Wildman–Crippen LogP) is 2.78. The van der Waals surface area contributed by atoms with Crippen LogP contribution in [0.15, 0.2) is 23.1 Å². The van der Waals surface area contributed by atoms with E-state index in [9.17, 15) is 8.42 Å². The van der Waals surface area contributed by atoms with Crippen molar-refractivity contribution in [1.29, 1.82) is 0 Å². The first-order valence-corrected chi connectivity index (χ1v) is 8.68. The monoisotopic (exact) mass is 296 g/mol. The van der Waals surface area contributed by atoms with Gasteiger partial charge in [-0.3, -0.25) is 0 Å². The quantitative estimate of drug-likeness (QED) is 0.869. The van der Waals surface area contributed by atoms with Crippen molar-refractivity contribution in [2.24, 2.45) is 5.92 Å². The first kappa shape index (κ1) is 15.3. The minimum atomic E-state index is -3.49. The van der Waals surface area contributed by atoms with Crippen molar-refractivity contribution in [2.75, 3.05) is 19.3 Å². The van der Waals surface area contributed by atoms with Crippen molar-refractivity contribution in [3.63, 3.8) is 0 Å². The van der Waals surface area contributed by atoms with Crippen LogP contribution in [0, 0.1) is 12.8 Å². The fraction of sp³-hybridized carbons (Fsp3) is 0.600. The third-order valence-electron chi connectivity index (χ3n) is 4.15. The van der Waals surface area contributed by atoms with E-state index in [1.165, 1.54) is 23.6 Å². The smallest absolute Gasteiger partial charge is 0.245 e. The Hall–Kier alpha value is -1.07. The number of nitrogens with two attached hydrogens (primary N) is 1. The summed E-state index contributed by atoms with van der Waals surface area (Å²) in [6, 6.07) is 5.22. The fourth-order valence-corrected chi connectivity index (χ4v) is 4.57. The van der Waals surface area contributed by atoms with Gasteiger partial charge in [-0.05, 0) is 37.3 Å². The van der Waals surface area contributed by atoms with Crippen LogP contribution in [-0.4, -0.2) is 26.3 Å². The second-order valence-corrected chi connectivity index (χ2v) is 7.76. The largest absolute Gasteiger partial charge is 0.398 e. The predicted molar refractivity (Wildman–Crippen MR) is 82.0 cm³/mol. The van der Waals surface area contributed by atoms with E-state index in [0.29, 0.717) is 23.7 Å². The lowest BCUT2D eigenvalue weighted by atomic mass is 9.89. The standard InChI is InChI=1S/C15H24N2O2S/c1-12-7-6-10-14(16)15(12)20(18,19)17(2)11-13-8-4-3-5-9-13/h6-7,10,13H,3-5,8-9,11,16H2,1-2H3. The molecule has 0 atom stereocenters. The van der Waals surface area contributed by atoms with E-state index < -0.39 is 10.0 Å². The minimum Gasteiger partial charge on any atom is -0.398 e. The maximum absolute atomic E-state index is 12.7. The third-order valence-corrected chi connectivity index (χ3v) is 6.19. The zero-order chi connectivity index (χ0) is 14.8. The van der Waals surface area contributed by atoms with Crippen LogP contribution < -0.4 is 5.73 Å². The van der Waals surface area contributed by atoms with Gasteiger partial charge in [-0.15, -0.1) is 0 Å². The van der Waals surface area contributed by atoms with Gasteiger partial charge in [-0.1, -0.05) is 31.4 Å². The zero-order valence-corrected chi connectivity index (χ0v) is 13.1. The Labute approximate surface area is 122 Å². The number of hydrogen-bond acceptors (Lipinski definition) is 3. The van der Waals surface area contributed by atoms with Crippen molar-refractivity contribution in [2.45, 2.75) is 43.9 Å². The molecule has 0 saturated heterocycles. The molecule has 1 aliphatic carbocycles. The second-order valence-electron chi connectivity index (χ2n) is 5.78. The average Bonchev–Trinajstić information content (AvgIpc) is 2.39. The molecule has 1 aromatic rings. The van der Waals surface area contributed by atoms with Gasteiger partial charge in [-0.2, -0.15) is 0 Å². The van der Waals surface area contributed by atoms with Gasteiger partial charge < -0.3 is 5.73 Å². The Morgan fingerprint density at radius 2 is 1.90 bits per heavy atom. The molecule has 1 aliphatic rings. The topological polar surface area (TPSA) is 63.4 Å². The van der Waals surface area contributed by atoms with Crippen molar-refractivity contribution in [3.05, 3.63) is 23.8 Å². The van der Waals surface area contributed by atoms with Crippen molar-refractivity contribution < 1.29 is 8.42 Å². The van der Waals surface area contributed by atoms with Gasteiger partial charge >= 0.3 is 0 Å². The highest BCUT2D eigenvalue weighted by molar-refractivity contribution is 7.89. The van der Waals surface area contributed by atoms with Crippen molar-refractivity contribution >= 4 is 15.7 Å². The van der Waals surface area contributed by atoms with E-state index in [-0.39, 0.29) is 4.90 Å². The molecule has 1 fully saturated rings. The van der Waals surface area contributed by atoms with Crippen LogP contribution in [0.5, 0.6) is 0 Å². The molecule has 2 N–H and O–H groups in total. The van der Waals surface area contributed by atoms with E-state index in [1.54, 1.807) is 32.2 Å². The van der Waals surface area contributed by atoms with E-state index in [1.807, 2.05) is 0 Å². The van der Waals surface area contributed by atoms with E-state index in [4.69, 9.17) is 5.73 Å². The average molecular weight is 296 g/mol. The van der Waals surface area contributed by atoms with Gasteiger partial charge in [0.15, 0.2) is 0 Å². The molecule has 112 valence electrons. The van der Waals surface area contributed by atoms with E-state index in [2.05, 4.69) is 0 Å². The molecule has 1 saturated carbocycles. The molecule has 0 bridgehead atoms. The maximum Gasteiger partial charge on any atom is 0.245 e. The Morgan fingerprint density at radius 1 is 1.25 bits per heavy atom. The van der Waals surface area contributed by atoms with Crippen LogP contribution in [0.25, 0.3) is 0 Å². The number of nitrogen functional groups attached to an aromatic ring is 1.